The molecule has 1 aliphatic carbocycles. The van der Waals surface area contributed by atoms with Crippen molar-refractivity contribution >= 4 is 5.97 Å². The van der Waals surface area contributed by atoms with Gasteiger partial charge in [0.1, 0.15) is 0 Å². The number of aryl methyl sites for hydroxylation is 2. The van der Waals surface area contributed by atoms with Crippen molar-refractivity contribution in [3.63, 3.8) is 0 Å². The first-order valence-electron chi connectivity index (χ1n) is 8.82. The Bertz CT molecular complexity index is 545. The molecule has 2 rings (SSSR count). The van der Waals surface area contributed by atoms with E-state index in [2.05, 4.69) is 39.0 Å². The Hall–Kier alpha value is -1.35. The van der Waals surface area contributed by atoms with Gasteiger partial charge in [0.2, 0.25) is 0 Å². The van der Waals surface area contributed by atoms with Crippen LogP contribution in [-0.2, 0) is 17.6 Å². The minimum Gasteiger partial charge on any atom is -0.671 e. The van der Waals surface area contributed by atoms with Gasteiger partial charge in [0.05, 0.1) is 0 Å². The minimum atomic E-state index is -0.741. The molecule has 128 valence electrons. The first-order chi connectivity index (χ1) is 10.8. The average molecular weight is 316 g/mol. The minimum absolute atomic E-state index is 0.0307. The van der Waals surface area contributed by atoms with E-state index < -0.39 is 5.97 Å². The van der Waals surface area contributed by atoms with Crippen molar-refractivity contribution in [2.24, 2.45) is 11.3 Å². The number of carbonyl (C=O) groups is 1. The molecule has 0 saturated carbocycles. The molecular formula is C20H30NO2-. The van der Waals surface area contributed by atoms with Crippen LogP contribution in [0.15, 0.2) is 18.2 Å². The van der Waals surface area contributed by atoms with Crippen LogP contribution in [0.4, 0.5) is 0 Å². The molecule has 3 nitrogen and oxygen atoms in total. The van der Waals surface area contributed by atoms with Crippen LogP contribution in [0.25, 0.3) is 5.73 Å². The normalized spacial score (nSPS) is 17.4. The lowest BCUT2D eigenvalue weighted by Crippen LogP contribution is -2.23. The van der Waals surface area contributed by atoms with Crippen molar-refractivity contribution in [3.05, 3.63) is 40.6 Å². The molecule has 2 N–H and O–H groups in total. The molecule has 0 amide bonds. The third-order valence-electron chi connectivity index (χ3n) is 5.23. The standard InChI is InChI=1S/C20H30NO2/c1-20(2,3)17(10-11-19(22)23)13-18(21)16-9-8-14-6-4-5-7-15(14)12-16/h8-9,12,17-18,21H,4-7,10-11,13H2,1-3H3,(H,22,23)/q-1/t17?,18-/m1/s1. The molecular weight excluding hydrogens is 286 g/mol. The zero-order valence-corrected chi connectivity index (χ0v) is 14.7. The molecule has 23 heavy (non-hydrogen) atoms. The van der Waals surface area contributed by atoms with Crippen LogP contribution < -0.4 is 0 Å². The van der Waals surface area contributed by atoms with Gasteiger partial charge >= 0.3 is 5.97 Å². The van der Waals surface area contributed by atoms with Gasteiger partial charge in [-0.15, -0.1) is 6.04 Å². The SMILES string of the molecule is CC(C)(C)C(CCC(=O)O)C[C@@H]([NH-])c1ccc2c(c1)CCCC2. The van der Waals surface area contributed by atoms with E-state index >= 15 is 0 Å². The van der Waals surface area contributed by atoms with Crippen LogP contribution in [0, 0.1) is 11.3 Å². The predicted molar refractivity (Wildman–Crippen MR) is 94.6 cm³/mol. The van der Waals surface area contributed by atoms with E-state index in [0.29, 0.717) is 6.42 Å². The number of carboxylic acid groups (broad SMARTS) is 1. The monoisotopic (exact) mass is 316 g/mol. The van der Waals surface area contributed by atoms with Crippen molar-refractivity contribution in [2.75, 3.05) is 0 Å². The number of aliphatic carboxylic acids is 1. The summed E-state index contributed by atoms with van der Waals surface area (Å²) in [6.07, 6.45) is 6.41. The van der Waals surface area contributed by atoms with Gasteiger partial charge < -0.3 is 10.8 Å². The van der Waals surface area contributed by atoms with Gasteiger partial charge in [0, 0.05) is 6.42 Å². The zero-order chi connectivity index (χ0) is 17.0. The molecule has 1 aromatic carbocycles. The number of hydrogen-bond acceptors (Lipinski definition) is 1. The maximum atomic E-state index is 10.9. The molecule has 0 aliphatic heterocycles. The molecule has 0 bridgehead atoms. The van der Waals surface area contributed by atoms with E-state index in [1.165, 1.54) is 30.4 Å². The summed E-state index contributed by atoms with van der Waals surface area (Å²) in [5.41, 5.74) is 12.6. The average Bonchev–Trinajstić information content (AvgIpc) is 2.49. The molecule has 3 heteroatoms. The van der Waals surface area contributed by atoms with Crippen LogP contribution in [0.2, 0.25) is 0 Å². The van der Waals surface area contributed by atoms with Crippen LogP contribution in [0.5, 0.6) is 0 Å². The molecule has 0 aromatic heterocycles. The summed E-state index contributed by atoms with van der Waals surface area (Å²) in [4.78, 5) is 10.9. The highest BCUT2D eigenvalue weighted by Gasteiger charge is 2.26. The summed E-state index contributed by atoms with van der Waals surface area (Å²) in [6, 6.07) is 6.27. The number of carboxylic acids is 1. The largest absolute Gasteiger partial charge is 0.671 e. The smallest absolute Gasteiger partial charge is 0.303 e. The second-order valence-corrected chi connectivity index (χ2v) is 8.02. The van der Waals surface area contributed by atoms with Gasteiger partial charge in [0.15, 0.2) is 0 Å². The van der Waals surface area contributed by atoms with E-state index in [0.717, 1.165) is 18.4 Å². The molecule has 2 atom stereocenters. The molecule has 0 spiro atoms. The van der Waals surface area contributed by atoms with Gasteiger partial charge in [-0.25, -0.2) is 0 Å². The lowest BCUT2D eigenvalue weighted by atomic mass is 9.74. The van der Waals surface area contributed by atoms with Crippen LogP contribution in [-0.4, -0.2) is 11.1 Å². The second kappa shape index (κ2) is 7.48. The summed E-state index contributed by atoms with van der Waals surface area (Å²) in [6.45, 7) is 6.46. The summed E-state index contributed by atoms with van der Waals surface area (Å²) >= 11 is 0. The predicted octanol–water partition coefficient (Wildman–Crippen LogP) is 5.58. The highest BCUT2D eigenvalue weighted by Crippen LogP contribution is 2.38. The lowest BCUT2D eigenvalue weighted by molar-refractivity contribution is -0.137. The topological polar surface area (TPSA) is 61.1 Å². The van der Waals surface area contributed by atoms with Crippen LogP contribution in [0.3, 0.4) is 0 Å². The quantitative estimate of drug-likeness (QED) is 0.745. The molecule has 1 unspecified atom stereocenters. The van der Waals surface area contributed by atoms with Crippen molar-refractivity contribution in [3.8, 4) is 0 Å². The lowest BCUT2D eigenvalue weighted by Gasteiger charge is -2.36. The highest BCUT2D eigenvalue weighted by molar-refractivity contribution is 5.66. The molecule has 1 aliphatic rings. The Kier molecular flexibility index (Phi) is 5.85. The highest BCUT2D eigenvalue weighted by atomic mass is 16.4. The third kappa shape index (κ3) is 5.07. The van der Waals surface area contributed by atoms with Crippen molar-refractivity contribution < 1.29 is 9.90 Å². The Morgan fingerprint density at radius 1 is 1.22 bits per heavy atom. The number of fused-ring (bicyclic) bond motifs is 1. The van der Waals surface area contributed by atoms with Crippen molar-refractivity contribution in [1.82, 2.24) is 0 Å². The van der Waals surface area contributed by atoms with Gasteiger partial charge in [-0.2, -0.15) is 0 Å². The number of rotatable bonds is 6. The van der Waals surface area contributed by atoms with E-state index in [1.54, 1.807) is 0 Å². The summed E-state index contributed by atoms with van der Waals surface area (Å²) in [5.74, 6) is -0.494. The Balaban J connectivity index is 2.08. The summed E-state index contributed by atoms with van der Waals surface area (Å²) < 4.78 is 0. The van der Waals surface area contributed by atoms with Crippen LogP contribution >= 0.6 is 0 Å². The first-order valence-corrected chi connectivity index (χ1v) is 8.82. The van der Waals surface area contributed by atoms with E-state index in [-0.39, 0.29) is 23.8 Å². The van der Waals surface area contributed by atoms with Gasteiger partial charge in [-0.05, 0) is 54.6 Å². The van der Waals surface area contributed by atoms with E-state index in [9.17, 15) is 4.79 Å². The van der Waals surface area contributed by atoms with E-state index in [4.69, 9.17) is 10.8 Å². The fraction of sp³-hybridized carbons (Fsp3) is 0.650. The molecule has 0 heterocycles. The maximum absolute atomic E-state index is 10.9. The third-order valence-corrected chi connectivity index (χ3v) is 5.23. The van der Waals surface area contributed by atoms with Gasteiger partial charge in [-0.1, -0.05) is 51.0 Å². The fourth-order valence-corrected chi connectivity index (χ4v) is 3.59. The zero-order valence-electron chi connectivity index (χ0n) is 14.7. The van der Waals surface area contributed by atoms with Crippen molar-refractivity contribution in [2.45, 2.75) is 71.8 Å². The molecule has 1 aromatic rings. The molecule has 0 saturated heterocycles. The summed E-state index contributed by atoms with van der Waals surface area (Å²) in [5, 5.41) is 8.96. The summed E-state index contributed by atoms with van der Waals surface area (Å²) in [7, 11) is 0. The first kappa shape index (κ1) is 18.0. The number of hydrogen-bond donors (Lipinski definition) is 1. The van der Waals surface area contributed by atoms with Crippen molar-refractivity contribution in [1.29, 1.82) is 0 Å². The Morgan fingerprint density at radius 2 is 1.87 bits per heavy atom. The molecule has 0 fully saturated rings. The van der Waals surface area contributed by atoms with Crippen LogP contribution in [0.1, 0.15) is 75.6 Å². The fourth-order valence-electron chi connectivity index (χ4n) is 3.59. The number of benzene rings is 1. The Labute approximate surface area is 140 Å². The molecule has 0 radical (unpaired) electrons. The van der Waals surface area contributed by atoms with E-state index in [1.807, 2.05) is 0 Å². The number of nitrogens with one attached hydrogen (secondary N) is 1. The second-order valence-electron chi connectivity index (χ2n) is 8.02. The van der Waals surface area contributed by atoms with Gasteiger partial charge in [0.25, 0.3) is 0 Å². The Morgan fingerprint density at radius 3 is 2.48 bits per heavy atom. The van der Waals surface area contributed by atoms with Gasteiger partial charge in [-0.3, -0.25) is 4.79 Å². The maximum Gasteiger partial charge on any atom is 0.303 e.